The second-order valence-corrected chi connectivity index (χ2v) is 4.95. The predicted molar refractivity (Wildman–Crippen MR) is 75.4 cm³/mol. The zero-order chi connectivity index (χ0) is 13.7. The van der Waals surface area contributed by atoms with E-state index in [2.05, 4.69) is 26.8 Å². The molecule has 0 heterocycles. The number of rotatable bonds is 6. The molecule has 1 atom stereocenters. The van der Waals surface area contributed by atoms with Crippen molar-refractivity contribution in [3.8, 4) is 5.75 Å². The lowest BCUT2D eigenvalue weighted by molar-refractivity contribution is -0.117. The molecule has 0 saturated heterocycles. The van der Waals surface area contributed by atoms with Gasteiger partial charge in [-0.3, -0.25) is 0 Å². The van der Waals surface area contributed by atoms with Gasteiger partial charge in [0, 0.05) is 6.42 Å². The first-order chi connectivity index (χ1) is 8.51. The Kier molecular flexibility index (Phi) is 5.39. The summed E-state index contributed by atoms with van der Waals surface area (Å²) in [7, 11) is 1.70. The van der Waals surface area contributed by atoms with E-state index in [4.69, 9.17) is 4.74 Å². The molecule has 0 N–H and O–H groups in total. The summed E-state index contributed by atoms with van der Waals surface area (Å²) in [6.45, 7) is 8.08. The summed E-state index contributed by atoms with van der Waals surface area (Å²) in [6.07, 6.45) is 2.68. The first-order valence-electron chi connectivity index (χ1n) is 6.64. The Morgan fingerprint density at radius 3 is 2.44 bits per heavy atom. The molecule has 100 valence electrons. The lowest BCUT2D eigenvalue weighted by atomic mass is 9.86. The van der Waals surface area contributed by atoms with E-state index in [1.807, 2.05) is 6.07 Å². The van der Waals surface area contributed by atoms with Crippen LogP contribution in [0.25, 0.3) is 0 Å². The Labute approximate surface area is 110 Å². The minimum Gasteiger partial charge on any atom is -0.496 e. The quantitative estimate of drug-likeness (QED) is 0.755. The number of methoxy groups -OCH3 is 1. The summed E-state index contributed by atoms with van der Waals surface area (Å²) in [5.74, 6) is 1.69. The van der Waals surface area contributed by atoms with E-state index >= 15 is 0 Å². The summed E-state index contributed by atoms with van der Waals surface area (Å²) in [4.78, 5) is 11.1. The van der Waals surface area contributed by atoms with E-state index in [-0.39, 0.29) is 5.78 Å². The Morgan fingerprint density at radius 2 is 1.94 bits per heavy atom. The largest absolute Gasteiger partial charge is 0.496 e. The third-order valence-corrected chi connectivity index (χ3v) is 3.78. The summed E-state index contributed by atoms with van der Waals surface area (Å²) >= 11 is 0. The molecule has 2 heteroatoms. The molecule has 0 fully saturated rings. The zero-order valence-electron chi connectivity index (χ0n) is 12.2. The van der Waals surface area contributed by atoms with E-state index in [1.165, 1.54) is 16.7 Å². The highest BCUT2D eigenvalue weighted by Crippen LogP contribution is 2.32. The van der Waals surface area contributed by atoms with Gasteiger partial charge in [0.2, 0.25) is 0 Å². The van der Waals surface area contributed by atoms with Gasteiger partial charge in [-0.1, -0.05) is 13.0 Å². The molecule has 18 heavy (non-hydrogen) atoms. The first-order valence-corrected chi connectivity index (χ1v) is 6.64. The van der Waals surface area contributed by atoms with Gasteiger partial charge in [-0.05, 0) is 62.3 Å². The number of carbonyl (C=O) groups excluding carboxylic acids is 1. The average molecular weight is 248 g/mol. The fourth-order valence-electron chi connectivity index (χ4n) is 2.44. The maximum Gasteiger partial charge on any atom is 0.129 e. The van der Waals surface area contributed by atoms with Crippen molar-refractivity contribution < 1.29 is 9.53 Å². The zero-order valence-corrected chi connectivity index (χ0v) is 12.2. The van der Waals surface area contributed by atoms with E-state index in [0.29, 0.717) is 12.3 Å². The first kappa shape index (κ1) is 14.7. The summed E-state index contributed by atoms with van der Waals surface area (Å²) in [5, 5.41) is 0. The molecule has 0 saturated carbocycles. The topological polar surface area (TPSA) is 26.3 Å². The number of hydrogen-bond donors (Lipinski definition) is 0. The van der Waals surface area contributed by atoms with Crippen molar-refractivity contribution in [2.75, 3.05) is 7.11 Å². The van der Waals surface area contributed by atoms with Gasteiger partial charge in [0.1, 0.15) is 11.5 Å². The average Bonchev–Trinajstić information content (AvgIpc) is 2.34. The van der Waals surface area contributed by atoms with E-state index in [0.717, 1.165) is 18.6 Å². The van der Waals surface area contributed by atoms with Gasteiger partial charge in [0.05, 0.1) is 7.11 Å². The van der Waals surface area contributed by atoms with E-state index in [9.17, 15) is 4.79 Å². The van der Waals surface area contributed by atoms with Crippen LogP contribution >= 0.6 is 0 Å². The number of ether oxygens (including phenoxy) is 1. The number of ketones is 1. The van der Waals surface area contributed by atoms with Gasteiger partial charge in [-0.2, -0.15) is 0 Å². The number of hydrogen-bond acceptors (Lipinski definition) is 2. The third kappa shape index (κ3) is 3.34. The molecule has 0 amide bonds. The molecular weight excluding hydrogens is 224 g/mol. The molecule has 0 aromatic heterocycles. The van der Waals surface area contributed by atoms with Crippen LogP contribution in [0, 0.1) is 13.8 Å². The fraction of sp³-hybridized carbons (Fsp3) is 0.562. The van der Waals surface area contributed by atoms with Crippen molar-refractivity contribution in [1.82, 2.24) is 0 Å². The maximum absolute atomic E-state index is 11.1. The molecule has 0 aliphatic carbocycles. The van der Waals surface area contributed by atoms with Crippen LogP contribution < -0.4 is 4.74 Å². The lowest BCUT2D eigenvalue weighted by Crippen LogP contribution is -2.04. The summed E-state index contributed by atoms with van der Waals surface area (Å²) in [5.41, 5.74) is 3.86. The van der Waals surface area contributed by atoms with Crippen LogP contribution in [-0.2, 0) is 4.79 Å². The van der Waals surface area contributed by atoms with Crippen LogP contribution in [0.15, 0.2) is 12.1 Å². The Bertz CT molecular complexity index is 421. The SMILES string of the molecule is CCC(CCC(C)=O)c1ccc(OC)c(C)c1C. The monoisotopic (exact) mass is 248 g/mol. The smallest absolute Gasteiger partial charge is 0.129 e. The van der Waals surface area contributed by atoms with Gasteiger partial charge < -0.3 is 9.53 Å². The molecule has 1 rings (SSSR count). The number of benzene rings is 1. The van der Waals surface area contributed by atoms with Gasteiger partial charge >= 0.3 is 0 Å². The van der Waals surface area contributed by atoms with Gasteiger partial charge in [0.25, 0.3) is 0 Å². The van der Waals surface area contributed by atoms with Crippen molar-refractivity contribution >= 4 is 5.78 Å². The Morgan fingerprint density at radius 1 is 1.28 bits per heavy atom. The van der Waals surface area contributed by atoms with Gasteiger partial charge in [0.15, 0.2) is 0 Å². The summed E-state index contributed by atoms with van der Waals surface area (Å²) < 4.78 is 5.34. The fourth-order valence-corrected chi connectivity index (χ4v) is 2.44. The van der Waals surface area contributed by atoms with Crippen molar-refractivity contribution in [2.24, 2.45) is 0 Å². The highest BCUT2D eigenvalue weighted by atomic mass is 16.5. The van der Waals surface area contributed by atoms with Crippen LogP contribution in [0.1, 0.15) is 55.7 Å². The van der Waals surface area contributed by atoms with E-state index in [1.54, 1.807) is 14.0 Å². The van der Waals surface area contributed by atoms with Crippen LogP contribution in [0.4, 0.5) is 0 Å². The Balaban J connectivity index is 2.99. The lowest BCUT2D eigenvalue weighted by Gasteiger charge is -2.20. The molecular formula is C16H24O2. The van der Waals surface area contributed by atoms with Crippen molar-refractivity contribution in [1.29, 1.82) is 0 Å². The van der Waals surface area contributed by atoms with E-state index < -0.39 is 0 Å². The van der Waals surface area contributed by atoms with Crippen LogP contribution in [0.5, 0.6) is 5.75 Å². The molecule has 1 aromatic carbocycles. The second kappa shape index (κ2) is 6.58. The molecule has 0 radical (unpaired) electrons. The molecule has 0 aliphatic heterocycles. The second-order valence-electron chi connectivity index (χ2n) is 4.95. The van der Waals surface area contributed by atoms with Gasteiger partial charge in [-0.25, -0.2) is 0 Å². The van der Waals surface area contributed by atoms with Crippen molar-refractivity contribution in [3.05, 3.63) is 28.8 Å². The van der Waals surface area contributed by atoms with Crippen LogP contribution in [0.3, 0.4) is 0 Å². The number of carbonyl (C=O) groups is 1. The Hall–Kier alpha value is -1.31. The van der Waals surface area contributed by atoms with Crippen molar-refractivity contribution in [2.45, 2.75) is 52.9 Å². The highest BCUT2D eigenvalue weighted by molar-refractivity contribution is 5.75. The van der Waals surface area contributed by atoms with Crippen molar-refractivity contribution in [3.63, 3.8) is 0 Å². The van der Waals surface area contributed by atoms with Gasteiger partial charge in [-0.15, -0.1) is 0 Å². The van der Waals surface area contributed by atoms with Crippen LogP contribution in [-0.4, -0.2) is 12.9 Å². The highest BCUT2D eigenvalue weighted by Gasteiger charge is 2.15. The minimum atomic E-state index is 0.274. The normalized spacial score (nSPS) is 12.3. The van der Waals surface area contributed by atoms with Crippen LogP contribution in [0.2, 0.25) is 0 Å². The standard InChI is InChI=1S/C16H24O2/c1-6-14(8-7-11(2)17)15-9-10-16(18-5)13(4)12(15)3/h9-10,14H,6-8H2,1-5H3. The molecule has 0 aliphatic rings. The predicted octanol–water partition coefficient (Wildman–Crippen LogP) is 4.17. The molecule has 2 nitrogen and oxygen atoms in total. The third-order valence-electron chi connectivity index (χ3n) is 3.78. The molecule has 1 aromatic rings. The summed E-state index contributed by atoms with van der Waals surface area (Å²) in [6, 6.07) is 4.18. The maximum atomic E-state index is 11.1. The molecule has 0 bridgehead atoms. The number of Topliss-reactive ketones (excluding diaryl/α,β-unsaturated/α-hetero) is 1. The molecule has 1 unspecified atom stereocenters. The molecule has 0 spiro atoms. The minimum absolute atomic E-state index is 0.274.